The molecule has 2 amide bonds. The first-order valence-corrected chi connectivity index (χ1v) is 8.47. The minimum atomic E-state index is 0.0453. The van der Waals surface area contributed by atoms with Gasteiger partial charge in [0.05, 0.1) is 0 Å². The summed E-state index contributed by atoms with van der Waals surface area (Å²) >= 11 is 0. The average molecular weight is 315 g/mol. The number of amides is 2. The number of benzene rings is 1. The Morgan fingerprint density at radius 1 is 1.13 bits per heavy atom. The second kappa shape index (κ2) is 6.71. The summed E-state index contributed by atoms with van der Waals surface area (Å²) in [6.45, 7) is 8.97. The van der Waals surface area contributed by atoms with Crippen molar-refractivity contribution < 1.29 is 9.59 Å². The highest BCUT2D eigenvalue weighted by Crippen LogP contribution is 2.38. The minimum absolute atomic E-state index is 0.0453. The summed E-state index contributed by atoms with van der Waals surface area (Å²) < 4.78 is 0. The molecular formula is C18H25N3O2. The first-order chi connectivity index (χ1) is 11.1. The lowest BCUT2D eigenvalue weighted by Crippen LogP contribution is -2.48. The number of hydrogen-bond acceptors (Lipinski definition) is 3. The quantitative estimate of drug-likeness (QED) is 0.852. The van der Waals surface area contributed by atoms with Gasteiger partial charge in [-0.1, -0.05) is 25.1 Å². The van der Waals surface area contributed by atoms with Crippen molar-refractivity contribution in [1.82, 2.24) is 9.80 Å². The summed E-state index contributed by atoms with van der Waals surface area (Å²) in [7, 11) is 0. The smallest absolute Gasteiger partial charge is 0.223 e. The molecule has 5 nitrogen and oxygen atoms in total. The standard InChI is InChI=1S/C18H25N3O2/c1-3-19-8-10-20(11-9-19)18(23)12-15-13-21(14(2)22)17-7-5-4-6-16(15)17/h4-7,15H,3,8-13H2,1-2H3. The van der Waals surface area contributed by atoms with Gasteiger partial charge in [0, 0.05) is 57.7 Å². The number of fused-ring (bicyclic) bond motifs is 1. The number of carbonyl (C=O) groups excluding carboxylic acids is 2. The molecule has 124 valence electrons. The van der Waals surface area contributed by atoms with Crippen LogP contribution >= 0.6 is 0 Å². The van der Waals surface area contributed by atoms with Gasteiger partial charge in [-0.2, -0.15) is 0 Å². The topological polar surface area (TPSA) is 43.9 Å². The number of piperazine rings is 1. The molecule has 2 aliphatic heterocycles. The SMILES string of the molecule is CCN1CCN(C(=O)CC2CN(C(C)=O)c3ccccc32)CC1. The van der Waals surface area contributed by atoms with Crippen LogP contribution in [-0.2, 0) is 9.59 Å². The maximum Gasteiger partial charge on any atom is 0.223 e. The highest BCUT2D eigenvalue weighted by molar-refractivity contribution is 5.94. The van der Waals surface area contributed by atoms with Gasteiger partial charge in [0.2, 0.25) is 11.8 Å². The third-order valence-electron chi connectivity index (χ3n) is 5.04. The summed E-state index contributed by atoms with van der Waals surface area (Å²) in [6, 6.07) is 7.95. The molecule has 0 bridgehead atoms. The number of nitrogens with zero attached hydrogens (tertiary/aromatic N) is 3. The van der Waals surface area contributed by atoms with E-state index < -0.39 is 0 Å². The number of para-hydroxylation sites is 1. The molecule has 0 radical (unpaired) electrons. The van der Waals surface area contributed by atoms with Crippen LogP contribution in [-0.4, -0.2) is 60.9 Å². The van der Waals surface area contributed by atoms with Crippen LogP contribution in [0.15, 0.2) is 24.3 Å². The van der Waals surface area contributed by atoms with Gasteiger partial charge in [0.25, 0.3) is 0 Å². The van der Waals surface area contributed by atoms with E-state index in [0.29, 0.717) is 13.0 Å². The van der Waals surface area contributed by atoms with Crippen molar-refractivity contribution in [1.29, 1.82) is 0 Å². The maximum absolute atomic E-state index is 12.6. The van der Waals surface area contributed by atoms with Gasteiger partial charge in [0.1, 0.15) is 0 Å². The number of likely N-dealkylation sites (N-methyl/N-ethyl adjacent to an activating group) is 1. The van der Waals surface area contributed by atoms with Crippen LogP contribution in [0.5, 0.6) is 0 Å². The summed E-state index contributed by atoms with van der Waals surface area (Å²) in [5.41, 5.74) is 2.09. The third-order valence-corrected chi connectivity index (χ3v) is 5.04. The Kier molecular flexibility index (Phi) is 4.66. The fraction of sp³-hybridized carbons (Fsp3) is 0.556. The number of anilines is 1. The second-order valence-corrected chi connectivity index (χ2v) is 6.40. The molecule has 1 fully saturated rings. The average Bonchev–Trinajstić information content (AvgIpc) is 2.94. The van der Waals surface area contributed by atoms with E-state index in [1.165, 1.54) is 0 Å². The normalized spacial score (nSPS) is 21.4. The fourth-order valence-corrected chi connectivity index (χ4v) is 3.62. The molecule has 1 aromatic carbocycles. The molecule has 5 heteroatoms. The Balaban J connectivity index is 1.67. The molecule has 2 heterocycles. The molecule has 3 rings (SSSR count). The summed E-state index contributed by atoms with van der Waals surface area (Å²) in [5.74, 6) is 0.377. The highest BCUT2D eigenvalue weighted by Gasteiger charge is 2.33. The molecule has 23 heavy (non-hydrogen) atoms. The van der Waals surface area contributed by atoms with E-state index >= 15 is 0 Å². The van der Waals surface area contributed by atoms with Gasteiger partial charge in [0.15, 0.2) is 0 Å². The van der Waals surface area contributed by atoms with Gasteiger partial charge in [-0.05, 0) is 18.2 Å². The van der Waals surface area contributed by atoms with E-state index in [2.05, 4.69) is 11.8 Å². The lowest BCUT2D eigenvalue weighted by Gasteiger charge is -2.34. The van der Waals surface area contributed by atoms with Crippen LogP contribution in [0.3, 0.4) is 0 Å². The number of hydrogen-bond donors (Lipinski definition) is 0. The van der Waals surface area contributed by atoms with E-state index in [1.54, 1.807) is 11.8 Å². The molecule has 1 unspecified atom stereocenters. The number of carbonyl (C=O) groups is 2. The molecule has 0 N–H and O–H groups in total. The van der Waals surface area contributed by atoms with Crippen LogP contribution in [0.1, 0.15) is 31.7 Å². The van der Waals surface area contributed by atoms with E-state index in [4.69, 9.17) is 0 Å². The van der Waals surface area contributed by atoms with E-state index in [0.717, 1.165) is 44.0 Å². The van der Waals surface area contributed by atoms with Crippen LogP contribution in [0.25, 0.3) is 0 Å². The van der Waals surface area contributed by atoms with Gasteiger partial charge in [-0.25, -0.2) is 0 Å². The monoisotopic (exact) mass is 315 g/mol. The zero-order valence-corrected chi connectivity index (χ0v) is 14.0. The minimum Gasteiger partial charge on any atom is -0.340 e. The summed E-state index contributed by atoms with van der Waals surface area (Å²) in [5, 5.41) is 0. The van der Waals surface area contributed by atoms with Crippen molar-refractivity contribution in [3.8, 4) is 0 Å². The van der Waals surface area contributed by atoms with Crippen molar-refractivity contribution in [3.63, 3.8) is 0 Å². The van der Waals surface area contributed by atoms with E-state index in [1.807, 2.05) is 29.2 Å². The zero-order valence-electron chi connectivity index (χ0n) is 14.0. The number of rotatable bonds is 3. The second-order valence-electron chi connectivity index (χ2n) is 6.40. The Morgan fingerprint density at radius 2 is 1.83 bits per heavy atom. The third kappa shape index (κ3) is 3.24. The lowest BCUT2D eigenvalue weighted by atomic mass is 9.97. The largest absolute Gasteiger partial charge is 0.340 e. The van der Waals surface area contributed by atoms with E-state index in [-0.39, 0.29) is 17.7 Å². The zero-order chi connectivity index (χ0) is 16.4. The molecule has 1 saturated heterocycles. The Labute approximate surface area is 137 Å². The predicted octanol–water partition coefficient (Wildman–Crippen LogP) is 1.69. The Hall–Kier alpha value is -1.88. The van der Waals surface area contributed by atoms with Gasteiger partial charge in [-0.3, -0.25) is 9.59 Å². The molecule has 2 aliphatic rings. The maximum atomic E-state index is 12.6. The van der Waals surface area contributed by atoms with Crippen LogP contribution in [0.2, 0.25) is 0 Å². The molecule has 0 saturated carbocycles. The van der Waals surface area contributed by atoms with Gasteiger partial charge in [-0.15, -0.1) is 0 Å². The van der Waals surface area contributed by atoms with Crippen molar-refractivity contribution in [3.05, 3.63) is 29.8 Å². The molecule has 0 spiro atoms. The molecule has 0 aromatic heterocycles. The fourth-order valence-electron chi connectivity index (χ4n) is 3.62. The highest BCUT2D eigenvalue weighted by atomic mass is 16.2. The first-order valence-electron chi connectivity index (χ1n) is 8.47. The van der Waals surface area contributed by atoms with Gasteiger partial charge >= 0.3 is 0 Å². The van der Waals surface area contributed by atoms with Crippen LogP contribution < -0.4 is 4.90 Å². The Bertz CT molecular complexity index is 594. The van der Waals surface area contributed by atoms with Gasteiger partial charge < -0.3 is 14.7 Å². The van der Waals surface area contributed by atoms with Crippen LogP contribution in [0, 0.1) is 0 Å². The van der Waals surface area contributed by atoms with E-state index in [9.17, 15) is 9.59 Å². The van der Waals surface area contributed by atoms with Crippen molar-refractivity contribution >= 4 is 17.5 Å². The van der Waals surface area contributed by atoms with Crippen molar-refractivity contribution in [2.24, 2.45) is 0 Å². The first kappa shape index (κ1) is 16.0. The Morgan fingerprint density at radius 3 is 2.48 bits per heavy atom. The summed E-state index contributed by atoms with van der Waals surface area (Å²) in [4.78, 5) is 30.6. The van der Waals surface area contributed by atoms with Crippen LogP contribution in [0.4, 0.5) is 5.69 Å². The molecule has 1 atom stereocenters. The molecule has 0 aliphatic carbocycles. The van der Waals surface area contributed by atoms with Crippen molar-refractivity contribution in [2.75, 3.05) is 44.2 Å². The van der Waals surface area contributed by atoms with Crippen molar-refractivity contribution in [2.45, 2.75) is 26.2 Å². The summed E-state index contributed by atoms with van der Waals surface area (Å²) in [6.07, 6.45) is 0.493. The molecular weight excluding hydrogens is 290 g/mol. The lowest BCUT2D eigenvalue weighted by molar-refractivity contribution is -0.133. The molecule has 1 aromatic rings. The predicted molar refractivity (Wildman–Crippen MR) is 90.5 cm³/mol.